The first-order valence-corrected chi connectivity index (χ1v) is 10.4. The third kappa shape index (κ3) is 3.77. The van der Waals surface area contributed by atoms with E-state index in [9.17, 15) is 14.7 Å². The van der Waals surface area contributed by atoms with Gasteiger partial charge in [0.1, 0.15) is 0 Å². The molecule has 1 amide bonds. The fourth-order valence-corrected chi connectivity index (χ4v) is 4.32. The molecule has 1 aliphatic rings. The van der Waals surface area contributed by atoms with Crippen molar-refractivity contribution in [3.8, 4) is 11.5 Å². The van der Waals surface area contributed by atoms with Gasteiger partial charge in [-0.25, -0.2) is 0 Å². The molecule has 0 aliphatic carbocycles. The number of aliphatic hydroxyl groups excluding tert-OH is 1. The highest BCUT2D eigenvalue weighted by Crippen LogP contribution is 2.42. The Balaban J connectivity index is 1.83. The number of methoxy groups -OCH3 is 2. The zero-order valence-corrected chi connectivity index (χ0v) is 17.8. The summed E-state index contributed by atoms with van der Waals surface area (Å²) >= 11 is 1.26. The van der Waals surface area contributed by atoms with Gasteiger partial charge in [-0.3, -0.25) is 14.6 Å². The van der Waals surface area contributed by atoms with Gasteiger partial charge in [0, 0.05) is 18.9 Å². The second-order valence-corrected chi connectivity index (χ2v) is 7.83. The average Bonchev–Trinajstić information content (AvgIpc) is 3.42. The summed E-state index contributed by atoms with van der Waals surface area (Å²) < 4.78 is 10.7. The number of ketones is 1. The highest BCUT2D eigenvalue weighted by Gasteiger charge is 2.44. The maximum atomic E-state index is 13.3. The molecule has 7 nitrogen and oxygen atoms in total. The van der Waals surface area contributed by atoms with Gasteiger partial charge in [-0.2, -0.15) is 0 Å². The molecule has 8 heteroatoms. The third-order valence-electron chi connectivity index (χ3n) is 5.09. The molecule has 0 saturated carbocycles. The summed E-state index contributed by atoms with van der Waals surface area (Å²) in [6, 6.07) is 11.4. The lowest BCUT2D eigenvalue weighted by molar-refractivity contribution is -0.130. The molecule has 2 aromatic heterocycles. The number of Topliss-reactive ketones (excluding diaryl/α,β-unsaturated/α-hetero) is 1. The minimum absolute atomic E-state index is 0.0450. The number of rotatable bonds is 7. The van der Waals surface area contributed by atoms with Crippen LogP contribution in [0, 0.1) is 0 Å². The van der Waals surface area contributed by atoms with Crippen molar-refractivity contribution in [3.05, 3.63) is 87.6 Å². The van der Waals surface area contributed by atoms with Crippen molar-refractivity contribution in [2.45, 2.75) is 12.6 Å². The predicted octanol–water partition coefficient (Wildman–Crippen LogP) is 3.94. The number of thiophene rings is 1. The quantitative estimate of drug-likeness (QED) is 0.565. The summed E-state index contributed by atoms with van der Waals surface area (Å²) in [7, 11) is 3.04. The van der Waals surface area contributed by atoms with Crippen LogP contribution in [0.5, 0.6) is 11.5 Å². The van der Waals surface area contributed by atoms with Crippen molar-refractivity contribution >= 4 is 23.0 Å². The fourth-order valence-electron chi connectivity index (χ4n) is 3.65. The largest absolute Gasteiger partial charge is 0.503 e. The zero-order chi connectivity index (χ0) is 22.0. The van der Waals surface area contributed by atoms with Crippen LogP contribution >= 0.6 is 11.3 Å². The van der Waals surface area contributed by atoms with E-state index in [0.29, 0.717) is 21.9 Å². The summed E-state index contributed by atoms with van der Waals surface area (Å²) in [5.41, 5.74) is 1.45. The maximum absolute atomic E-state index is 13.3. The van der Waals surface area contributed by atoms with E-state index in [2.05, 4.69) is 4.98 Å². The van der Waals surface area contributed by atoms with E-state index in [1.807, 2.05) is 6.07 Å². The minimum Gasteiger partial charge on any atom is -0.503 e. The Bertz CT molecular complexity index is 1140. The van der Waals surface area contributed by atoms with Crippen LogP contribution in [-0.4, -0.2) is 40.9 Å². The van der Waals surface area contributed by atoms with Crippen molar-refractivity contribution in [3.63, 3.8) is 0 Å². The van der Waals surface area contributed by atoms with Gasteiger partial charge in [0.2, 0.25) is 5.78 Å². The lowest BCUT2D eigenvalue weighted by Gasteiger charge is -2.27. The molecule has 0 unspecified atom stereocenters. The number of hydrogen-bond donors (Lipinski definition) is 1. The van der Waals surface area contributed by atoms with Gasteiger partial charge in [0.15, 0.2) is 17.3 Å². The van der Waals surface area contributed by atoms with E-state index in [1.54, 1.807) is 54.2 Å². The Hall–Kier alpha value is -3.65. The van der Waals surface area contributed by atoms with Crippen LogP contribution in [0.15, 0.2) is 71.6 Å². The standard InChI is InChI=1S/C23H20N2O5S/c1-29-16-8-7-15(11-17(16)30-2)20-19(21(26)18-6-4-10-31-18)22(27)23(28)25(20)13-14-5-3-9-24-12-14/h3-12,20,27H,13H2,1-2H3/t20-/m0/s1. The van der Waals surface area contributed by atoms with Gasteiger partial charge >= 0.3 is 0 Å². The average molecular weight is 436 g/mol. The second-order valence-electron chi connectivity index (χ2n) is 6.88. The number of benzene rings is 1. The Morgan fingerprint density at radius 3 is 2.61 bits per heavy atom. The lowest BCUT2D eigenvalue weighted by atomic mass is 9.95. The molecule has 1 aliphatic heterocycles. The Labute approximate surface area is 183 Å². The number of aromatic nitrogens is 1. The van der Waals surface area contributed by atoms with Gasteiger partial charge in [0.25, 0.3) is 5.91 Å². The number of carbonyl (C=O) groups excluding carboxylic acids is 2. The SMILES string of the molecule is COc1ccc([C@H]2C(C(=O)c3cccs3)=C(O)C(=O)N2Cc2cccnc2)cc1OC. The van der Waals surface area contributed by atoms with Crippen LogP contribution in [-0.2, 0) is 11.3 Å². The van der Waals surface area contributed by atoms with E-state index >= 15 is 0 Å². The molecular formula is C23H20N2O5S. The van der Waals surface area contributed by atoms with Crippen molar-refractivity contribution in [2.75, 3.05) is 14.2 Å². The number of carbonyl (C=O) groups is 2. The van der Waals surface area contributed by atoms with E-state index < -0.39 is 17.7 Å². The molecule has 0 fully saturated rings. The van der Waals surface area contributed by atoms with E-state index in [0.717, 1.165) is 5.56 Å². The molecule has 158 valence electrons. The fraction of sp³-hybridized carbons (Fsp3) is 0.174. The normalized spacial score (nSPS) is 16.0. The molecule has 0 saturated heterocycles. The van der Waals surface area contributed by atoms with Crippen LogP contribution in [0.1, 0.15) is 26.8 Å². The van der Waals surface area contributed by atoms with Crippen molar-refractivity contribution in [2.24, 2.45) is 0 Å². The van der Waals surface area contributed by atoms with E-state index in [1.165, 1.54) is 30.5 Å². The third-order valence-corrected chi connectivity index (χ3v) is 5.96. The smallest absolute Gasteiger partial charge is 0.290 e. The first-order chi connectivity index (χ1) is 15.0. The van der Waals surface area contributed by atoms with E-state index in [4.69, 9.17) is 9.47 Å². The first kappa shape index (κ1) is 20.6. The van der Waals surface area contributed by atoms with Gasteiger partial charge < -0.3 is 19.5 Å². The molecule has 1 atom stereocenters. The summed E-state index contributed by atoms with van der Waals surface area (Å²) in [5.74, 6) is -0.545. The van der Waals surface area contributed by atoms with Crippen molar-refractivity contribution in [1.29, 1.82) is 0 Å². The van der Waals surface area contributed by atoms with E-state index in [-0.39, 0.29) is 17.9 Å². The number of amides is 1. The lowest BCUT2D eigenvalue weighted by Crippen LogP contribution is -2.30. The van der Waals surface area contributed by atoms with Crippen LogP contribution in [0.2, 0.25) is 0 Å². The molecule has 3 heterocycles. The summed E-state index contributed by atoms with van der Waals surface area (Å²) in [5, 5.41) is 12.5. The predicted molar refractivity (Wildman–Crippen MR) is 115 cm³/mol. The minimum atomic E-state index is -0.790. The van der Waals surface area contributed by atoms with Crippen LogP contribution in [0.4, 0.5) is 0 Å². The van der Waals surface area contributed by atoms with Crippen molar-refractivity contribution in [1.82, 2.24) is 9.88 Å². The highest BCUT2D eigenvalue weighted by atomic mass is 32.1. The summed E-state index contributed by atoms with van der Waals surface area (Å²) in [6.45, 7) is 0.178. The number of nitrogens with zero attached hydrogens (tertiary/aromatic N) is 2. The molecule has 0 radical (unpaired) electrons. The van der Waals surface area contributed by atoms with Crippen LogP contribution < -0.4 is 9.47 Å². The first-order valence-electron chi connectivity index (χ1n) is 9.48. The molecule has 1 N–H and O–H groups in total. The number of ether oxygens (including phenoxy) is 2. The molecule has 0 bridgehead atoms. The molecule has 0 spiro atoms. The molecular weight excluding hydrogens is 416 g/mol. The van der Waals surface area contributed by atoms with Gasteiger partial charge in [-0.1, -0.05) is 18.2 Å². The topological polar surface area (TPSA) is 89.0 Å². The zero-order valence-electron chi connectivity index (χ0n) is 16.9. The highest BCUT2D eigenvalue weighted by molar-refractivity contribution is 7.12. The molecule has 31 heavy (non-hydrogen) atoms. The van der Waals surface area contributed by atoms with Gasteiger partial charge in [-0.05, 0) is 40.8 Å². The Kier molecular flexibility index (Phi) is 5.73. The number of hydrogen-bond acceptors (Lipinski definition) is 7. The molecule has 4 rings (SSSR count). The molecule has 1 aromatic carbocycles. The maximum Gasteiger partial charge on any atom is 0.290 e. The second kappa shape index (κ2) is 8.61. The molecule has 3 aromatic rings. The van der Waals surface area contributed by atoms with Gasteiger partial charge in [0.05, 0.1) is 30.7 Å². The number of aliphatic hydroxyl groups is 1. The summed E-state index contributed by atoms with van der Waals surface area (Å²) in [6.07, 6.45) is 3.29. The van der Waals surface area contributed by atoms with Crippen molar-refractivity contribution < 1.29 is 24.2 Å². The van der Waals surface area contributed by atoms with Crippen LogP contribution in [0.25, 0.3) is 0 Å². The van der Waals surface area contributed by atoms with Gasteiger partial charge in [-0.15, -0.1) is 11.3 Å². The Morgan fingerprint density at radius 1 is 1.16 bits per heavy atom. The van der Waals surface area contributed by atoms with Crippen LogP contribution in [0.3, 0.4) is 0 Å². The monoisotopic (exact) mass is 436 g/mol. The Morgan fingerprint density at radius 2 is 1.97 bits per heavy atom. The number of pyridine rings is 1. The summed E-state index contributed by atoms with van der Waals surface area (Å²) in [4.78, 5) is 32.3.